The molecule has 2 heterocycles. The highest BCUT2D eigenvalue weighted by molar-refractivity contribution is 7.12. The number of para-hydroxylation sites is 1. The van der Waals surface area contributed by atoms with Crippen LogP contribution < -0.4 is 10.1 Å². The predicted molar refractivity (Wildman–Crippen MR) is 148 cm³/mol. The van der Waals surface area contributed by atoms with Gasteiger partial charge in [-0.2, -0.15) is 5.26 Å². The minimum Gasteiger partial charge on any atom is -0.492 e. The van der Waals surface area contributed by atoms with E-state index < -0.39 is 17.9 Å². The fraction of sp³-hybridized carbons (Fsp3) is 0.286. The largest absolute Gasteiger partial charge is 0.492 e. The quantitative estimate of drug-likeness (QED) is 0.473. The van der Waals surface area contributed by atoms with Crippen molar-refractivity contribution in [3.8, 4) is 11.9 Å². The molecule has 0 bridgehead atoms. The van der Waals surface area contributed by atoms with Gasteiger partial charge in [-0.25, -0.2) is 10.0 Å². The Morgan fingerprint density at radius 3 is 2.67 bits per heavy atom. The van der Waals surface area contributed by atoms with Crippen LogP contribution in [0.25, 0.3) is 0 Å². The molecule has 0 fully saturated rings. The maximum Gasteiger partial charge on any atom is 0.264 e. The molecular weight excluding hydrogens is 538 g/mol. The number of thiophene rings is 1. The number of nitrogens with one attached hydrogen (secondary N) is 1. The molecule has 2 aromatic carbocycles. The molecule has 39 heavy (non-hydrogen) atoms. The molecule has 0 spiro atoms. The summed E-state index contributed by atoms with van der Waals surface area (Å²) in [6, 6.07) is 17.1. The van der Waals surface area contributed by atoms with Gasteiger partial charge in [-0.1, -0.05) is 60.1 Å². The molecule has 9 nitrogen and oxygen atoms in total. The fourth-order valence-electron chi connectivity index (χ4n) is 4.33. The number of carbonyl (C=O) groups is 3. The summed E-state index contributed by atoms with van der Waals surface area (Å²) in [7, 11) is 1.50. The lowest BCUT2D eigenvalue weighted by Crippen LogP contribution is -2.56. The number of hydrogen-bond acceptors (Lipinski definition) is 7. The van der Waals surface area contributed by atoms with Gasteiger partial charge in [0.25, 0.3) is 11.8 Å². The molecule has 1 aliphatic rings. The average Bonchev–Trinajstić information content (AvgIpc) is 3.49. The summed E-state index contributed by atoms with van der Waals surface area (Å²) in [5, 5.41) is 17.2. The Bertz CT molecular complexity index is 1350. The first-order valence-corrected chi connectivity index (χ1v) is 13.6. The number of fused-ring (bicyclic) bond motifs is 1. The summed E-state index contributed by atoms with van der Waals surface area (Å²) in [6.45, 7) is 0.196. The van der Waals surface area contributed by atoms with Crippen LogP contribution in [0, 0.1) is 11.5 Å². The Hall–Kier alpha value is -4.07. The Morgan fingerprint density at radius 1 is 1.15 bits per heavy atom. The second-order valence-electron chi connectivity index (χ2n) is 8.90. The Labute approximate surface area is 236 Å². The van der Waals surface area contributed by atoms with Crippen molar-refractivity contribution in [2.75, 3.05) is 26.7 Å². The number of ether oxygens (including phenoxy) is 1. The Morgan fingerprint density at radius 2 is 1.95 bits per heavy atom. The molecule has 0 saturated carbocycles. The summed E-state index contributed by atoms with van der Waals surface area (Å²) in [4.78, 5) is 42.0. The number of nitrogens with zero attached hydrogens (tertiary/aromatic N) is 4. The number of likely N-dealkylation sites (N-methyl/N-ethyl adjacent to an activating group) is 1. The van der Waals surface area contributed by atoms with Crippen LogP contribution in [0.4, 0.5) is 0 Å². The summed E-state index contributed by atoms with van der Waals surface area (Å²) in [6.07, 6.45) is 2.71. The number of hydrazine groups is 1. The lowest BCUT2D eigenvalue weighted by molar-refractivity contribution is -0.153. The van der Waals surface area contributed by atoms with Crippen LogP contribution in [-0.4, -0.2) is 65.4 Å². The number of nitriles is 1. The van der Waals surface area contributed by atoms with Crippen LogP contribution >= 0.6 is 22.9 Å². The minimum absolute atomic E-state index is 0.0531. The first-order valence-electron chi connectivity index (χ1n) is 12.4. The second kappa shape index (κ2) is 13.1. The third-order valence-corrected chi connectivity index (χ3v) is 7.52. The third-order valence-electron chi connectivity index (χ3n) is 6.35. The highest BCUT2D eigenvalue weighted by atomic mass is 35.5. The summed E-state index contributed by atoms with van der Waals surface area (Å²) >= 11 is 7.66. The third kappa shape index (κ3) is 6.88. The van der Waals surface area contributed by atoms with Crippen molar-refractivity contribution in [2.45, 2.75) is 25.4 Å². The first kappa shape index (κ1) is 28.0. The molecule has 3 amide bonds. The number of carbonyl (C=O) groups excluding carboxylic acids is 3. The second-order valence-corrected chi connectivity index (χ2v) is 10.3. The summed E-state index contributed by atoms with van der Waals surface area (Å²) in [5.41, 5.74) is 1.52. The molecule has 0 radical (unpaired) electrons. The molecular formula is C28H28ClN5O4S. The van der Waals surface area contributed by atoms with Crippen LogP contribution in [0.2, 0.25) is 5.02 Å². The van der Waals surface area contributed by atoms with E-state index in [1.165, 1.54) is 33.3 Å². The number of benzene rings is 2. The van der Waals surface area contributed by atoms with Crippen LogP contribution in [0.5, 0.6) is 5.75 Å². The van der Waals surface area contributed by atoms with Gasteiger partial charge in [0.1, 0.15) is 11.8 Å². The number of hydrogen-bond donors (Lipinski definition) is 1. The van der Waals surface area contributed by atoms with Gasteiger partial charge in [-0.05, 0) is 29.5 Å². The smallest absolute Gasteiger partial charge is 0.264 e. The van der Waals surface area contributed by atoms with Crippen molar-refractivity contribution < 1.29 is 19.1 Å². The highest BCUT2D eigenvalue weighted by Crippen LogP contribution is 2.30. The van der Waals surface area contributed by atoms with Crippen molar-refractivity contribution in [3.05, 3.63) is 87.1 Å². The molecule has 1 unspecified atom stereocenters. The maximum absolute atomic E-state index is 13.9. The van der Waals surface area contributed by atoms with Crippen LogP contribution in [-0.2, 0) is 22.6 Å². The Balaban J connectivity index is 1.65. The van der Waals surface area contributed by atoms with Gasteiger partial charge < -0.3 is 15.0 Å². The number of amides is 3. The van der Waals surface area contributed by atoms with Crippen molar-refractivity contribution in [2.24, 2.45) is 0 Å². The van der Waals surface area contributed by atoms with Crippen LogP contribution in [0.3, 0.4) is 0 Å². The minimum atomic E-state index is -0.919. The van der Waals surface area contributed by atoms with E-state index in [1.54, 1.807) is 35.7 Å². The van der Waals surface area contributed by atoms with E-state index >= 15 is 0 Å². The molecule has 0 saturated heterocycles. The monoisotopic (exact) mass is 565 g/mol. The average molecular weight is 566 g/mol. The molecule has 11 heteroatoms. The van der Waals surface area contributed by atoms with Crippen molar-refractivity contribution in [1.82, 2.24) is 20.2 Å². The van der Waals surface area contributed by atoms with Gasteiger partial charge in [0.15, 0.2) is 6.19 Å². The zero-order chi connectivity index (χ0) is 27.8. The lowest BCUT2D eigenvalue weighted by atomic mass is 10.0. The molecule has 1 aromatic heterocycles. The van der Waals surface area contributed by atoms with E-state index in [1.807, 2.05) is 30.3 Å². The standard InChI is InChI=1S/C28H28ClN5O4S/c1-32-28(37)23(16-20-8-3-2-4-9-20)34(25(35)17-31-27(36)24-12-6-15-39-24)13-7-14-38-26-21(18-33(32)19-30)10-5-11-22(26)29/h2-6,8-12,15,23H,7,13-14,16-18H2,1H3,(H,31,36). The van der Waals surface area contributed by atoms with Gasteiger partial charge in [-0.3, -0.25) is 14.4 Å². The summed E-state index contributed by atoms with van der Waals surface area (Å²) in [5.74, 6) is -0.770. The molecule has 202 valence electrons. The highest BCUT2D eigenvalue weighted by Gasteiger charge is 2.34. The molecule has 1 atom stereocenters. The van der Waals surface area contributed by atoms with E-state index in [4.69, 9.17) is 16.3 Å². The number of rotatable bonds is 5. The van der Waals surface area contributed by atoms with Crippen molar-refractivity contribution >= 4 is 40.7 Å². The maximum atomic E-state index is 13.9. The fourth-order valence-corrected chi connectivity index (χ4v) is 5.22. The van der Waals surface area contributed by atoms with E-state index in [9.17, 15) is 19.6 Å². The van der Waals surface area contributed by atoms with Crippen molar-refractivity contribution in [1.29, 1.82) is 5.26 Å². The van der Waals surface area contributed by atoms with Crippen LogP contribution in [0.1, 0.15) is 27.2 Å². The predicted octanol–water partition coefficient (Wildman–Crippen LogP) is 3.71. The van der Waals surface area contributed by atoms with Gasteiger partial charge in [0.05, 0.1) is 29.6 Å². The van der Waals surface area contributed by atoms with Crippen LogP contribution in [0.15, 0.2) is 66.0 Å². The van der Waals surface area contributed by atoms with Gasteiger partial charge >= 0.3 is 0 Å². The summed E-state index contributed by atoms with van der Waals surface area (Å²) < 4.78 is 6.00. The van der Waals surface area contributed by atoms with Gasteiger partial charge in [-0.15, -0.1) is 11.3 Å². The van der Waals surface area contributed by atoms with Crippen molar-refractivity contribution in [3.63, 3.8) is 0 Å². The van der Waals surface area contributed by atoms with E-state index in [-0.39, 0.29) is 38.6 Å². The normalized spacial score (nSPS) is 16.3. The lowest BCUT2D eigenvalue weighted by Gasteiger charge is -2.37. The molecule has 0 aliphatic carbocycles. The van der Waals surface area contributed by atoms with E-state index in [2.05, 4.69) is 11.5 Å². The van der Waals surface area contributed by atoms with Gasteiger partial charge in [0, 0.05) is 25.6 Å². The van der Waals surface area contributed by atoms with E-state index in [0.29, 0.717) is 27.6 Å². The zero-order valence-corrected chi connectivity index (χ0v) is 23.0. The zero-order valence-electron chi connectivity index (χ0n) is 21.4. The molecule has 1 aliphatic heterocycles. The Kier molecular flexibility index (Phi) is 9.41. The SMILES string of the molecule is CN1C(=O)C(Cc2ccccc2)N(C(=O)CNC(=O)c2cccs2)CCCOc2c(Cl)cccc2CN1C#N. The first-order chi connectivity index (χ1) is 18.9. The van der Waals surface area contributed by atoms with Gasteiger partial charge in [0.2, 0.25) is 5.91 Å². The van der Waals surface area contributed by atoms with E-state index in [0.717, 1.165) is 5.56 Å². The molecule has 3 aromatic rings. The topological polar surface area (TPSA) is 106 Å². The number of halogens is 1. The molecule has 1 N–H and O–H groups in total. The molecule has 4 rings (SSSR count).